The van der Waals surface area contributed by atoms with Crippen LogP contribution in [0.3, 0.4) is 0 Å². The molecule has 1 fully saturated rings. The molecule has 0 amide bonds. The molecule has 3 rings (SSSR count). The largest absolute Gasteiger partial charge is 0.490 e. The van der Waals surface area contributed by atoms with E-state index in [4.69, 9.17) is 15.2 Å². The highest BCUT2D eigenvalue weighted by molar-refractivity contribution is 14.0. The van der Waals surface area contributed by atoms with Crippen LogP contribution in [0.15, 0.2) is 23.2 Å². The number of hydrogen-bond acceptors (Lipinski definition) is 4. The predicted molar refractivity (Wildman–Crippen MR) is 111 cm³/mol. The van der Waals surface area contributed by atoms with E-state index >= 15 is 0 Å². The number of ether oxygens (including phenoxy) is 2. The molecule has 1 unspecified atom stereocenters. The van der Waals surface area contributed by atoms with E-state index in [1.165, 1.54) is 19.4 Å². The van der Waals surface area contributed by atoms with Gasteiger partial charge >= 0.3 is 0 Å². The Hall–Kier alpha value is -1.22. The van der Waals surface area contributed by atoms with Crippen molar-refractivity contribution in [2.24, 2.45) is 10.7 Å². The highest BCUT2D eigenvalue weighted by Crippen LogP contribution is 2.30. The zero-order chi connectivity index (χ0) is 16.8. The predicted octanol–water partition coefficient (Wildman–Crippen LogP) is 2.35. The molecule has 2 aliphatic rings. The van der Waals surface area contributed by atoms with Gasteiger partial charge in [0.1, 0.15) is 0 Å². The lowest BCUT2D eigenvalue weighted by Crippen LogP contribution is -2.42. The number of nitrogens with two attached hydrogens (primary N) is 1. The Kier molecular flexibility index (Phi) is 8.08. The minimum absolute atomic E-state index is 0. The molecule has 7 heteroatoms. The van der Waals surface area contributed by atoms with Crippen molar-refractivity contribution in [3.05, 3.63) is 23.8 Å². The van der Waals surface area contributed by atoms with E-state index < -0.39 is 0 Å². The van der Waals surface area contributed by atoms with Crippen LogP contribution in [0.2, 0.25) is 0 Å². The van der Waals surface area contributed by atoms with Crippen LogP contribution in [-0.2, 0) is 6.54 Å². The van der Waals surface area contributed by atoms with Crippen molar-refractivity contribution in [2.75, 3.05) is 32.8 Å². The number of aliphatic imine (C=N–C) groups is 1. The van der Waals surface area contributed by atoms with Gasteiger partial charge in [0.05, 0.1) is 19.8 Å². The van der Waals surface area contributed by atoms with E-state index in [1.807, 2.05) is 18.2 Å². The highest BCUT2D eigenvalue weighted by Gasteiger charge is 2.22. The Morgan fingerprint density at radius 2 is 2.08 bits per heavy atom. The number of halogens is 1. The van der Waals surface area contributed by atoms with Gasteiger partial charge in [-0.1, -0.05) is 13.0 Å². The van der Waals surface area contributed by atoms with Gasteiger partial charge in [-0.2, -0.15) is 0 Å². The van der Waals surface area contributed by atoms with E-state index in [9.17, 15) is 0 Å². The second kappa shape index (κ2) is 10.1. The van der Waals surface area contributed by atoms with E-state index in [0.717, 1.165) is 36.6 Å². The number of nitrogens with one attached hydrogen (secondary N) is 1. The van der Waals surface area contributed by atoms with E-state index in [2.05, 4.69) is 22.1 Å². The van der Waals surface area contributed by atoms with Gasteiger partial charge in [0, 0.05) is 19.0 Å². The maximum atomic E-state index is 6.01. The number of benzene rings is 1. The van der Waals surface area contributed by atoms with Gasteiger partial charge in [-0.25, -0.2) is 4.99 Å². The van der Waals surface area contributed by atoms with Crippen LogP contribution < -0.4 is 20.5 Å². The quantitative estimate of drug-likeness (QED) is 0.401. The fourth-order valence-corrected chi connectivity index (χ4v) is 3.30. The smallest absolute Gasteiger partial charge is 0.188 e. The minimum Gasteiger partial charge on any atom is -0.490 e. The third-order valence-electron chi connectivity index (χ3n) is 4.67. The van der Waals surface area contributed by atoms with Gasteiger partial charge < -0.3 is 20.5 Å². The molecule has 0 spiro atoms. The molecule has 2 aliphatic heterocycles. The summed E-state index contributed by atoms with van der Waals surface area (Å²) in [5.41, 5.74) is 7.08. The van der Waals surface area contributed by atoms with Crippen LogP contribution in [0.5, 0.6) is 11.5 Å². The second-order valence-electron chi connectivity index (χ2n) is 6.34. The third-order valence-corrected chi connectivity index (χ3v) is 4.67. The number of nitrogens with zero attached hydrogens (tertiary/aromatic N) is 2. The zero-order valence-corrected chi connectivity index (χ0v) is 17.2. The summed E-state index contributed by atoms with van der Waals surface area (Å²) in [5, 5.41) is 3.26. The molecule has 1 aromatic rings. The fourth-order valence-electron chi connectivity index (χ4n) is 3.30. The van der Waals surface area contributed by atoms with Gasteiger partial charge in [-0.05, 0) is 43.6 Å². The lowest BCUT2D eigenvalue weighted by Gasteiger charge is -2.23. The average Bonchev–Trinajstić information content (AvgIpc) is 2.93. The van der Waals surface area contributed by atoms with Crippen LogP contribution in [0.25, 0.3) is 0 Å². The Morgan fingerprint density at radius 1 is 1.28 bits per heavy atom. The SMILES string of the molecule is CCN1CCCC1CNC(N)=NCc1ccc2c(c1)OCCCO2.I. The van der Waals surface area contributed by atoms with Gasteiger partial charge in [0.2, 0.25) is 0 Å². The van der Waals surface area contributed by atoms with Crippen LogP contribution in [0, 0.1) is 0 Å². The van der Waals surface area contributed by atoms with Gasteiger partial charge in [-0.3, -0.25) is 4.90 Å². The third kappa shape index (κ3) is 5.64. The molecule has 140 valence electrons. The number of hydrogen-bond donors (Lipinski definition) is 2. The lowest BCUT2D eigenvalue weighted by molar-refractivity contribution is 0.267. The molecule has 1 atom stereocenters. The molecular formula is C18H29IN4O2. The molecule has 0 aromatic heterocycles. The fraction of sp³-hybridized carbons (Fsp3) is 0.611. The molecular weight excluding hydrogens is 431 g/mol. The van der Waals surface area contributed by atoms with Crippen molar-refractivity contribution in [3.63, 3.8) is 0 Å². The summed E-state index contributed by atoms with van der Waals surface area (Å²) in [6, 6.07) is 6.53. The molecule has 0 radical (unpaired) electrons. The van der Waals surface area contributed by atoms with Crippen LogP contribution in [0.4, 0.5) is 0 Å². The Labute approximate surface area is 167 Å². The molecule has 0 bridgehead atoms. The number of rotatable bonds is 5. The maximum absolute atomic E-state index is 6.01. The highest BCUT2D eigenvalue weighted by atomic mass is 127. The topological polar surface area (TPSA) is 72.1 Å². The maximum Gasteiger partial charge on any atom is 0.188 e. The molecule has 6 nitrogen and oxygen atoms in total. The van der Waals surface area contributed by atoms with Gasteiger partial charge in [0.25, 0.3) is 0 Å². The standard InChI is InChI=1S/C18H28N4O2.HI/c1-2-22-8-3-5-15(22)13-21-18(19)20-12-14-6-7-16-17(11-14)24-10-4-9-23-16;/h6-7,11,15H,2-5,8-10,12-13H2,1H3,(H3,19,20,21);1H. The first kappa shape index (κ1) is 20.1. The Bertz CT molecular complexity index is 582. The number of guanidine groups is 1. The molecule has 0 saturated carbocycles. The molecule has 3 N–H and O–H groups in total. The Balaban J connectivity index is 0.00000225. The molecule has 1 saturated heterocycles. The second-order valence-corrected chi connectivity index (χ2v) is 6.34. The minimum atomic E-state index is 0. The van der Waals surface area contributed by atoms with Gasteiger partial charge in [-0.15, -0.1) is 24.0 Å². The van der Waals surface area contributed by atoms with Crippen LogP contribution in [-0.4, -0.2) is 49.7 Å². The molecule has 0 aliphatic carbocycles. The first-order chi connectivity index (χ1) is 11.8. The van der Waals surface area contributed by atoms with Crippen LogP contribution >= 0.6 is 24.0 Å². The average molecular weight is 460 g/mol. The summed E-state index contributed by atoms with van der Waals surface area (Å²) >= 11 is 0. The zero-order valence-electron chi connectivity index (χ0n) is 14.9. The first-order valence-electron chi connectivity index (χ1n) is 8.92. The van der Waals surface area contributed by atoms with Crippen LogP contribution in [0.1, 0.15) is 31.7 Å². The number of likely N-dealkylation sites (N-methyl/N-ethyl adjacent to an activating group) is 1. The summed E-state index contributed by atoms with van der Waals surface area (Å²) in [7, 11) is 0. The lowest BCUT2D eigenvalue weighted by atomic mass is 10.2. The molecule has 25 heavy (non-hydrogen) atoms. The molecule has 2 heterocycles. The van der Waals surface area contributed by atoms with Gasteiger partial charge in [0.15, 0.2) is 17.5 Å². The summed E-state index contributed by atoms with van der Waals surface area (Å²) in [6.45, 7) is 7.30. The number of fused-ring (bicyclic) bond motifs is 1. The first-order valence-corrected chi connectivity index (χ1v) is 8.92. The van der Waals surface area contributed by atoms with E-state index in [0.29, 0.717) is 31.8 Å². The van der Waals surface area contributed by atoms with Crippen molar-refractivity contribution in [2.45, 2.75) is 38.8 Å². The van der Waals surface area contributed by atoms with Crippen molar-refractivity contribution in [1.82, 2.24) is 10.2 Å². The number of likely N-dealkylation sites (tertiary alicyclic amines) is 1. The molecule has 1 aromatic carbocycles. The normalized spacial score (nSPS) is 20.7. The van der Waals surface area contributed by atoms with Crippen molar-refractivity contribution in [3.8, 4) is 11.5 Å². The Morgan fingerprint density at radius 3 is 2.88 bits per heavy atom. The van der Waals surface area contributed by atoms with Crippen molar-refractivity contribution >= 4 is 29.9 Å². The summed E-state index contributed by atoms with van der Waals surface area (Å²) in [5.74, 6) is 2.12. The van der Waals surface area contributed by atoms with E-state index in [-0.39, 0.29) is 24.0 Å². The van der Waals surface area contributed by atoms with Crippen molar-refractivity contribution < 1.29 is 9.47 Å². The summed E-state index contributed by atoms with van der Waals surface area (Å²) < 4.78 is 11.4. The van der Waals surface area contributed by atoms with E-state index in [1.54, 1.807) is 0 Å². The summed E-state index contributed by atoms with van der Waals surface area (Å²) in [4.78, 5) is 6.94. The monoisotopic (exact) mass is 460 g/mol. The van der Waals surface area contributed by atoms with Crippen molar-refractivity contribution in [1.29, 1.82) is 0 Å². The summed E-state index contributed by atoms with van der Waals surface area (Å²) in [6.07, 6.45) is 3.42.